The summed E-state index contributed by atoms with van der Waals surface area (Å²) < 4.78 is 14.7. The third-order valence-corrected chi connectivity index (χ3v) is 3.72. The first-order valence-corrected chi connectivity index (χ1v) is 7.22. The highest BCUT2D eigenvalue weighted by Crippen LogP contribution is 2.20. The van der Waals surface area contributed by atoms with Gasteiger partial charge >= 0.3 is 5.97 Å². The van der Waals surface area contributed by atoms with Crippen LogP contribution in [-0.4, -0.2) is 37.8 Å². The van der Waals surface area contributed by atoms with E-state index in [4.69, 9.17) is 0 Å². The van der Waals surface area contributed by atoms with Gasteiger partial charge in [-0.3, -0.25) is 9.48 Å². The number of aromatic amines is 1. The summed E-state index contributed by atoms with van der Waals surface area (Å²) in [5.74, 6) is -2.04. The molecule has 3 aromatic rings. The highest BCUT2D eigenvalue weighted by molar-refractivity contribution is 5.96. The number of H-pyrrole nitrogens is 1. The number of hydrogen-bond acceptors (Lipinski definition) is 3. The number of carbonyl (C=O) groups excluding carboxylic acids is 1. The molecule has 8 heteroatoms. The van der Waals surface area contributed by atoms with Gasteiger partial charge in [0.2, 0.25) is 0 Å². The normalized spacial score (nSPS) is 12.2. The van der Waals surface area contributed by atoms with E-state index in [1.54, 1.807) is 19.3 Å². The molecule has 24 heavy (non-hydrogen) atoms. The van der Waals surface area contributed by atoms with E-state index in [9.17, 15) is 19.1 Å². The maximum Gasteiger partial charge on any atom is 0.326 e. The molecule has 0 spiro atoms. The average molecular weight is 330 g/mol. The van der Waals surface area contributed by atoms with Crippen molar-refractivity contribution in [3.05, 3.63) is 53.7 Å². The van der Waals surface area contributed by atoms with Gasteiger partial charge in [0, 0.05) is 36.8 Å². The number of rotatable bonds is 5. The minimum atomic E-state index is -1.15. The van der Waals surface area contributed by atoms with Gasteiger partial charge in [-0.05, 0) is 23.8 Å². The van der Waals surface area contributed by atoms with Gasteiger partial charge in [-0.1, -0.05) is 0 Å². The summed E-state index contributed by atoms with van der Waals surface area (Å²) in [4.78, 5) is 26.5. The first kappa shape index (κ1) is 15.7. The fraction of sp³-hybridized carbons (Fsp3) is 0.188. The van der Waals surface area contributed by atoms with Gasteiger partial charge in [-0.15, -0.1) is 0 Å². The Labute approximate surface area is 136 Å². The topological polar surface area (TPSA) is 100 Å². The average Bonchev–Trinajstić information content (AvgIpc) is 3.12. The number of nitrogens with one attached hydrogen (secondary N) is 2. The minimum absolute atomic E-state index is 0.0764. The number of carboxylic acids is 1. The number of fused-ring (bicyclic) bond motifs is 1. The van der Waals surface area contributed by atoms with Crippen LogP contribution in [0.1, 0.15) is 15.9 Å². The predicted octanol–water partition coefficient (Wildman–Crippen LogP) is 1.47. The first-order valence-electron chi connectivity index (χ1n) is 7.22. The molecular formula is C16H15FN4O3. The minimum Gasteiger partial charge on any atom is -0.480 e. The molecule has 2 aromatic heterocycles. The summed E-state index contributed by atoms with van der Waals surface area (Å²) in [5, 5.41) is 16.5. The number of carboxylic acid groups (broad SMARTS) is 1. The molecule has 3 rings (SSSR count). The fourth-order valence-electron chi connectivity index (χ4n) is 2.53. The second kappa shape index (κ2) is 6.15. The maximum absolute atomic E-state index is 13.2. The zero-order valence-corrected chi connectivity index (χ0v) is 12.8. The molecule has 0 aliphatic rings. The van der Waals surface area contributed by atoms with Gasteiger partial charge in [-0.25, -0.2) is 9.18 Å². The number of hydrogen-bond donors (Lipinski definition) is 3. The quantitative estimate of drug-likeness (QED) is 0.659. The van der Waals surface area contributed by atoms with Crippen LogP contribution in [0.4, 0.5) is 4.39 Å². The highest BCUT2D eigenvalue weighted by Gasteiger charge is 2.23. The van der Waals surface area contributed by atoms with Crippen LogP contribution >= 0.6 is 0 Å². The number of amides is 1. The Morgan fingerprint density at radius 1 is 1.46 bits per heavy atom. The molecule has 0 bridgehead atoms. The third-order valence-electron chi connectivity index (χ3n) is 3.72. The lowest BCUT2D eigenvalue weighted by Gasteiger charge is -2.13. The summed E-state index contributed by atoms with van der Waals surface area (Å²) in [7, 11) is 1.66. The number of aromatic nitrogens is 3. The Morgan fingerprint density at radius 3 is 2.92 bits per heavy atom. The fourth-order valence-corrected chi connectivity index (χ4v) is 2.53. The van der Waals surface area contributed by atoms with Crippen molar-refractivity contribution in [2.45, 2.75) is 12.5 Å². The predicted molar refractivity (Wildman–Crippen MR) is 84.1 cm³/mol. The molecule has 0 unspecified atom stereocenters. The standard InChI is InChI=1S/C16H15FN4O3/c1-21-8-10(7-19-21)15(22)20-14(16(23)24)4-9-6-18-13-5-11(17)2-3-12(9)13/h2-3,5-8,14,18H,4H2,1H3,(H,20,22)(H,23,24)/t14-/m0/s1. The van der Waals surface area contributed by atoms with Crippen LogP contribution in [0.15, 0.2) is 36.8 Å². The Morgan fingerprint density at radius 2 is 2.25 bits per heavy atom. The molecule has 1 aromatic carbocycles. The van der Waals surface area contributed by atoms with Crippen LogP contribution in [0.2, 0.25) is 0 Å². The molecule has 2 heterocycles. The van der Waals surface area contributed by atoms with E-state index in [0.717, 1.165) is 5.39 Å². The lowest BCUT2D eigenvalue weighted by atomic mass is 10.0. The SMILES string of the molecule is Cn1cc(C(=O)N[C@@H](Cc2c[nH]c3cc(F)ccc23)C(=O)O)cn1. The van der Waals surface area contributed by atoms with Gasteiger partial charge in [0.05, 0.1) is 11.8 Å². The molecule has 0 fully saturated rings. The number of nitrogens with zero attached hydrogens (tertiary/aromatic N) is 2. The van der Waals surface area contributed by atoms with E-state index in [0.29, 0.717) is 11.1 Å². The molecule has 0 aliphatic heterocycles. The van der Waals surface area contributed by atoms with E-state index in [2.05, 4.69) is 15.4 Å². The van der Waals surface area contributed by atoms with Crippen LogP contribution in [-0.2, 0) is 18.3 Å². The van der Waals surface area contributed by atoms with Gasteiger partial charge in [0.25, 0.3) is 5.91 Å². The highest BCUT2D eigenvalue weighted by atomic mass is 19.1. The summed E-state index contributed by atoms with van der Waals surface area (Å²) in [5.41, 5.74) is 1.54. The Balaban J connectivity index is 1.80. The summed E-state index contributed by atoms with van der Waals surface area (Å²) in [6, 6.07) is 3.12. The molecule has 3 N–H and O–H groups in total. The van der Waals surface area contributed by atoms with Crippen LogP contribution in [0.25, 0.3) is 10.9 Å². The van der Waals surface area contributed by atoms with Gasteiger partial charge in [0.15, 0.2) is 0 Å². The van der Waals surface area contributed by atoms with Crippen molar-refractivity contribution in [3.8, 4) is 0 Å². The number of aryl methyl sites for hydroxylation is 1. The van der Waals surface area contributed by atoms with E-state index < -0.39 is 17.9 Å². The number of halogens is 1. The van der Waals surface area contributed by atoms with Crippen LogP contribution < -0.4 is 5.32 Å². The first-order chi connectivity index (χ1) is 11.4. The summed E-state index contributed by atoms with van der Waals surface area (Å²) in [6.45, 7) is 0. The third kappa shape index (κ3) is 3.12. The van der Waals surface area contributed by atoms with E-state index in [1.807, 2.05) is 0 Å². The van der Waals surface area contributed by atoms with Crippen LogP contribution in [0.5, 0.6) is 0 Å². The monoisotopic (exact) mass is 330 g/mol. The van der Waals surface area contributed by atoms with Crippen molar-refractivity contribution in [2.75, 3.05) is 0 Å². The smallest absolute Gasteiger partial charge is 0.326 e. The molecular weight excluding hydrogens is 315 g/mol. The van der Waals surface area contributed by atoms with Crippen molar-refractivity contribution in [2.24, 2.45) is 7.05 Å². The zero-order valence-electron chi connectivity index (χ0n) is 12.8. The van der Waals surface area contributed by atoms with Crippen LogP contribution in [0.3, 0.4) is 0 Å². The Kier molecular flexibility index (Phi) is 4.03. The summed E-state index contributed by atoms with van der Waals surface area (Å²) >= 11 is 0. The lowest BCUT2D eigenvalue weighted by molar-refractivity contribution is -0.139. The van der Waals surface area contributed by atoms with Crippen molar-refractivity contribution in [1.82, 2.24) is 20.1 Å². The molecule has 1 atom stereocenters. The second-order valence-electron chi connectivity index (χ2n) is 5.47. The molecule has 0 saturated carbocycles. The molecule has 0 aliphatic carbocycles. The second-order valence-corrected chi connectivity index (χ2v) is 5.47. The molecule has 1 amide bonds. The Hall–Kier alpha value is -3.16. The molecule has 7 nitrogen and oxygen atoms in total. The molecule has 124 valence electrons. The number of carbonyl (C=O) groups is 2. The molecule has 0 radical (unpaired) electrons. The van der Waals surface area contributed by atoms with Crippen LogP contribution in [0, 0.1) is 5.82 Å². The largest absolute Gasteiger partial charge is 0.480 e. The number of benzene rings is 1. The van der Waals surface area contributed by atoms with E-state index >= 15 is 0 Å². The van der Waals surface area contributed by atoms with Crippen molar-refractivity contribution >= 4 is 22.8 Å². The van der Waals surface area contributed by atoms with E-state index in [1.165, 1.54) is 29.2 Å². The lowest BCUT2D eigenvalue weighted by Crippen LogP contribution is -2.42. The van der Waals surface area contributed by atoms with Crippen molar-refractivity contribution in [1.29, 1.82) is 0 Å². The Bertz CT molecular complexity index is 915. The van der Waals surface area contributed by atoms with Gasteiger partial charge < -0.3 is 15.4 Å². The van der Waals surface area contributed by atoms with Crippen molar-refractivity contribution in [3.63, 3.8) is 0 Å². The van der Waals surface area contributed by atoms with Gasteiger partial charge in [0.1, 0.15) is 11.9 Å². The van der Waals surface area contributed by atoms with Crippen molar-refractivity contribution < 1.29 is 19.1 Å². The zero-order chi connectivity index (χ0) is 17.3. The van der Waals surface area contributed by atoms with E-state index in [-0.39, 0.29) is 17.8 Å². The maximum atomic E-state index is 13.2. The number of aliphatic carboxylic acids is 1. The molecule has 0 saturated heterocycles. The van der Waals surface area contributed by atoms with Gasteiger partial charge in [-0.2, -0.15) is 5.10 Å². The summed E-state index contributed by atoms with van der Waals surface area (Å²) in [6.07, 6.45) is 4.56.